The molecule has 2 aliphatic heterocycles. The lowest BCUT2D eigenvalue weighted by atomic mass is 9.90. The molecule has 0 spiro atoms. The summed E-state index contributed by atoms with van der Waals surface area (Å²) in [5.41, 5.74) is 1.58. The Morgan fingerprint density at radius 3 is 2.46 bits per heavy atom. The maximum absolute atomic E-state index is 11.7. The number of hydrogen-bond donors (Lipinski definition) is 2. The van der Waals surface area contributed by atoms with Gasteiger partial charge in [0, 0.05) is 58.4 Å². The van der Waals surface area contributed by atoms with E-state index in [0.717, 1.165) is 13.1 Å². The van der Waals surface area contributed by atoms with Gasteiger partial charge in [-0.15, -0.1) is 0 Å². The zero-order valence-corrected chi connectivity index (χ0v) is 16.8. The molecule has 0 radical (unpaired) electrons. The van der Waals surface area contributed by atoms with E-state index in [0.29, 0.717) is 39.0 Å². The maximum atomic E-state index is 11.7. The van der Waals surface area contributed by atoms with Crippen molar-refractivity contribution in [2.45, 2.75) is 32.3 Å². The van der Waals surface area contributed by atoms with Crippen LogP contribution in [0.4, 0.5) is 5.69 Å². The normalized spacial score (nSPS) is 23.3. The Labute approximate surface area is 166 Å². The smallest absolute Gasteiger partial charge is 0.309 e. The Hall–Kier alpha value is -2.12. The number of aliphatic carboxylic acids is 1. The lowest BCUT2D eigenvalue weighted by molar-refractivity contribution is -0.143. The van der Waals surface area contributed by atoms with Crippen LogP contribution < -0.4 is 4.90 Å². The van der Waals surface area contributed by atoms with Crippen molar-refractivity contribution in [3.8, 4) is 0 Å². The lowest BCUT2D eigenvalue weighted by Gasteiger charge is -2.42. The molecule has 2 N–H and O–H groups in total. The molecule has 3 rings (SSSR count). The van der Waals surface area contributed by atoms with Gasteiger partial charge in [0.05, 0.1) is 11.5 Å². The van der Waals surface area contributed by atoms with E-state index in [1.807, 2.05) is 4.90 Å². The van der Waals surface area contributed by atoms with Gasteiger partial charge in [0.15, 0.2) is 0 Å². The van der Waals surface area contributed by atoms with Crippen LogP contribution in [0.15, 0.2) is 24.3 Å². The second-order valence-electron chi connectivity index (χ2n) is 8.29. The van der Waals surface area contributed by atoms with Crippen LogP contribution in [0.2, 0.25) is 0 Å². The van der Waals surface area contributed by atoms with E-state index >= 15 is 0 Å². The minimum atomic E-state index is -0.889. The number of benzene rings is 1. The molecule has 7 heteroatoms. The van der Waals surface area contributed by atoms with Gasteiger partial charge in [-0.3, -0.25) is 14.5 Å². The van der Waals surface area contributed by atoms with E-state index in [1.54, 1.807) is 4.90 Å². The SMILES string of the molecule is CC(=O)N1CCN(CC2(O)CCN(c3cccc(C)c3)CC2)C[C@@H](C(=O)O)C1. The quantitative estimate of drug-likeness (QED) is 0.805. The van der Waals surface area contributed by atoms with Gasteiger partial charge in [-0.1, -0.05) is 12.1 Å². The Kier molecular flexibility index (Phi) is 6.25. The predicted molar refractivity (Wildman–Crippen MR) is 107 cm³/mol. The van der Waals surface area contributed by atoms with Crippen LogP contribution in [0.3, 0.4) is 0 Å². The topological polar surface area (TPSA) is 84.3 Å². The van der Waals surface area contributed by atoms with Crippen molar-refractivity contribution in [3.05, 3.63) is 29.8 Å². The number of carbonyl (C=O) groups excluding carboxylic acids is 1. The van der Waals surface area contributed by atoms with Crippen molar-refractivity contribution in [2.24, 2.45) is 5.92 Å². The first-order valence-corrected chi connectivity index (χ1v) is 10.0. The monoisotopic (exact) mass is 389 g/mol. The summed E-state index contributed by atoms with van der Waals surface area (Å²) in [5.74, 6) is -1.61. The molecule has 0 aliphatic carbocycles. The third kappa shape index (κ3) is 5.02. The third-order valence-corrected chi connectivity index (χ3v) is 5.98. The number of nitrogens with zero attached hydrogens (tertiary/aromatic N) is 3. The van der Waals surface area contributed by atoms with Gasteiger partial charge in [0.2, 0.25) is 5.91 Å². The highest BCUT2D eigenvalue weighted by Gasteiger charge is 2.37. The number of carboxylic acid groups (broad SMARTS) is 1. The summed E-state index contributed by atoms with van der Waals surface area (Å²) < 4.78 is 0. The predicted octanol–water partition coefficient (Wildman–Crippen LogP) is 1.19. The van der Waals surface area contributed by atoms with Crippen molar-refractivity contribution in [3.63, 3.8) is 0 Å². The summed E-state index contributed by atoms with van der Waals surface area (Å²) >= 11 is 0. The standard InChI is InChI=1S/C21H31N3O4/c1-16-4-3-5-19(12-16)23-8-6-21(28,7-9-23)15-22-10-11-24(17(2)25)14-18(13-22)20(26)27/h3-5,12,18,28H,6-11,13-15H2,1-2H3,(H,26,27)/t18-/m1/s1. The van der Waals surface area contributed by atoms with Gasteiger partial charge in [-0.05, 0) is 37.5 Å². The largest absolute Gasteiger partial charge is 0.481 e. The van der Waals surface area contributed by atoms with Gasteiger partial charge in [0.25, 0.3) is 0 Å². The minimum Gasteiger partial charge on any atom is -0.481 e. The number of carboxylic acids is 1. The van der Waals surface area contributed by atoms with Crippen molar-refractivity contribution < 1.29 is 19.8 Å². The van der Waals surface area contributed by atoms with Gasteiger partial charge >= 0.3 is 5.97 Å². The van der Waals surface area contributed by atoms with Crippen molar-refractivity contribution in [1.29, 1.82) is 0 Å². The van der Waals surface area contributed by atoms with Crippen LogP contribution in [0.1, 0.15) is 25.3 Å². The summed E-state index contributed by atoms with van der Waals surface area (Å²) in [4.78, 5) is 29.2. The number of carbonyl (C=O) groups is 2. The van der Waals surface area contributed by atoms with Crippen LogP contribution >= 0.6 is 0 Å². The van der Waals surface area contributed by atoms with Crippen LogP contribution in [-0.4, -0.2) is 83.3 Å². The molecular weight excluding hydrogens is 358 g/mol. The molecule has 0 aromatic heterocycles. The minimum absolute atomic E-state index is 0.0988. The average molecular weight is 389 g/mol. The Bertz CT molecular complexity index is 715. The highest BCUT2D eigenvalue weighted by Crippen LogP contribution is 2.28. The fourth-order valence-electron chi connectivity index (χ4n) is 4.25. The fraction of sp³-hybridized carbons (Fsp3) is 0.619. The summed E-state index contributed by atoms with van der Waals surface area (Å²) in [5, 5.41) is 20.6. The number of aliphatic hydroxyl groups is 1. The molecule has 1 amide bonds. The Morgan fingerprint density at radius 1 is 1.14 bits per heavy atom. The maximum Gasteiger partial charge on any atom is 0.309 e. The molecule has 7 nitrogen and oxygen atoms in total. The van der Waals surface area contributed by atoms with Crippen molar-refractivity contribution in [2.75, 3.05) is 50.7 Å². The Morgan fingerprint density at radius 2 is 1.86 bits per heavy atom. The number of amides is 1. The zero-order chi connectivity index (χ0) is 20.3. The highest BCUT2D eigenvalue weighted by molar-refractivity contribution is 5.75. The van der Waals surface area contributed by atoms with Crippen molar-refractivity contribution >= 4 is 17.6 Å². The molecule has 0 unspecified atom stereocenters. The molecule has 0 saturated carbocycles. The average Bonchev–Trinajstić information content (AvgIpc) is 2.85. The molecule has 28 heavy (non-hydrogen) atoms. The van der Waals surface area contributed by atoms with E-state index < -0.39 is 17.5 Å². The van der Waals surface area contributed by atoms with E-state index in [9.17, 15) is 19.8 Å². The number of β-amino-alcohol motifs (C(OH)–C–C–N with tert-alkyl or cyclic N) is 1. The Balaban J connectivity index is 1.61. The number of anilines is 1. The number of aryl methyl sites for hydroxylation is 1. The molecule has 2 fully saturated rings. The number of piperidine rings is 1. The second kappa shape index (κ2) is 8.49. The van der Waals surface area contributed by atoms with E-state index in [1.165, 1.54) is 18.2 Å². The highest BCUT2D eigenvalue weighted by atomic mass is 16.4. The molecule has 2 aliphatic rings. The number of rotatable bonds is 4. The summed E-state index contributed by atoms with van der Waals surface area (Å²) in [6, 6.07) is 8.38. The van der Waals surface area contributed by atoms with E-state index in [-0.39, 0.29) is 12.5 Å². The van der Waals surface area contributed by atoms with Crippen LogP contribution in [0, 0.1) is 12.8 Å². The molecule has 1 aromatic carbocycles. The van der Waals surface area contributed by atoms with Gasteiger partial charge in [0.1, 0.15) is 0 Å². The van der Waals surface area contributed by atoms with Crippen LogP contribution in [-0.2, 0) is 9.59 Å². The fourth-order valence-corrected chi connectivity index (χ4v) is 4.25. The number of hydrogen-bond acceptors (Lipinski definition) is 5. The third-order valence-electron chi connectivity index (χ3n) is 5.98. The molecule has 1 atom stereocenters. The molecule has 154 valence electrons. The van der Waals surface area contributed by atoms with E-state index in [4.69, 9.17) is 0 Å². The molecule has 2 saturated heterocycles. The van der Waals surface area contributed by atoms with E-state index in [2.05, 4.69) is 36.1 Å². The second-order valence-corrected chi connectivity index (χ2v) is 8.29. The van der Waals surface area contributed by atoms with Crippen molar-refractivity contribution in [1.82, 2.24) is 9.80 Å². The summed E-state index contributed by atoms with van der Waals surface area (Å²) in [7, 11) is 0. The first-order chi connectivity index (χ1) is 13.3. The summed E-state index contributed by atoms with van der Waals surface area (Å²) in [6.07, 6.45) is 1.29. The molecule has 2 heterocycles. The van der Waals surface area contributed by atoms with Gasteiger partial charge < -0.3 is 20.0 Å². The molecular formula is C21H31N3O4. The van der Waals surface area contributed by atoms with Gasteiger partial charge in [-0.2, -0.15) is 0 Å². The lowest BCUT2D eigenvalue weighted by Crippen LogP contribution is -2.52. The zero-order valence-electron chi connectivity index (χ0n) is 16.8. The van der Waals surface area contributed by atoms with Crippen LogP contribution in [0.25, 0.3) is 0 Å². The van der Waals surface area contributed by atoms with Crippen LogP contribution in [0.5, 0.6) is 0 Å². The summed E-state index contributed by atoms with van der Waals surface area (Å²) in [6.45, 7) is 7.24. The first-order valence-electron chi connectivity index (χ1n) is 10.0. The molecule has 0 bridgehead atoms. The first kappa shape index (κ1) is 20.6. The van der Waals surface area contributed by atoms with Gasteiger partial charge in [-0.25, -0.2) is 0 Å². The molecule has 1 aromatic rings.